The highest BCUT2D eigenvalue weighted by molar-refractivity contribution is 6.31. The van der Waals surface area contributed by atoms with Gasteiger partial charge in [-0.2, -0.15) is 5.10 Å². The molecule has 1 saturated heterocycles. The maximum atomic E-state index is 6.07. The van der Waals surface area contributed by atoms with E-state index in [4.69, 9.17) is 16.3 Å². The van der Waals surface area contributed by atoms with Crippen LogP contribution in [0.3, 0.4) is 0 Å². The summed E-state index contributed by atoms with van der Waals surface area (Å²) in [6, 6.07) is 5.75. The minimum atomic E-state index is 0.532. The Bertz CT molecular complexity index is 828. The molecular formula is C17H18ClN5O. The van der Waals surface area contributed by atoms with Crippen molar-refractivity contribution in [2.24, 2.45) is 5.92 Å². The maximum Gasteiger partial charge on any atom is 0.157 e. The van der Waals surface area contributed by atoms with Gasteiger partial charge < -0.3 is 9.64 Å². The van der Waals surface area contributed by atoms with E-state index in [0.29, 0.717) is 23.3 Å². The molecule has 0 aliphatic carbocycles. The molecule has 0 spiro atoms. The Labute approximate surface area is 145 Å². The molecule has 3 aromatic heterocycles. The third kappa shape index (κ3) is 3.14. The van der Waals surface area contributed by atoms with Gasteiger partial charge >= 0.3 is 0 Å². The van der Waals surface area contributed by atoms with E-state index in [9.17, 15) is 0 Å². The van der Waals surface area contributed by atoms with Gasteiger partial charge in [-0.15, -0.1) is 0 Å². The molecule has 0 saturated carbocycles. The van der Waals surface area contributed by atoms with Gasteiger partial charge in [-0.1, -0.05) is 11.6 Å². The van der Waals surface area contributed by atoms with E-state index in [0.717, 1.165) is 37.4 Å². The number of aromatic nitrogens is 4. The number of hydrogen-bond acceptors (Lipinski definition) is 5. The van der Waals surface area contributed by atoms with E-state index >= 15 is 0 Å². The summed E-state index contributed by atoms with van der Waals surface area (Å²) in [4.78, 5) is 11.0. The van der Waals surface area contributed by atoms with Crippen LogP contribution in [0.2, 0.25) is 5.02 Å². The second-order valence-electron chi connectivity index (χ2n) is 5.97. The van der Waals surface area contributed by atoms with Crippen LogP contribution in [-0.4, -0.2) is 39.3 Å². The molecule has 1 aliphatic rings. The normalized spacial score (nSPS) is 15.8. The fraction of sp³-hybridized carbons (Fsp3) is 0.353. The highest BCUT2D eigenvalue weighted by Gasteiger charge is 2.21. The van der Waals surface area contributed by atoms with E-state index < -0.39 is 0 Å². The van der Waals surface area contributed by atoms with Crippen molar-refractivity contribution in [3.05, 3.63) is 48.0 Å². The van der Waals surface area contributed by atoms with Gasteiger partial charge in [-0.3, -0.25) is 4.98 Å². The van der Waals surface area contributed by atoms with Crippen molar-refractivity contribution in [1.82, 2.24) is 19.6 Å². The largest absolute Gasteiger partial charge is 0.492 e. The van der Waals surface area contributed by atoms with Gasteiger partial charge in [0.1, 0.15) is 16.6 Å². The van der Waals surface area contributed by atoms with Crippen molar-refractivity contribution >= 4 is 23.1 Å². The molecule has 0 unspecified atom stereocenters. The number of rotatable bonds is 4. The van der Waals surface area contributed by atoms with Crippen LogP contribution < -0.4 is 9.64 Å². The summed E-state index contributed by atoms with van der Waals surface area (Å²) in [5.41, 5.74) is 0.880. The van der Waals surface area contributed by atoms with Gasteiger partial charge in [0.05, 0.1) is 12.8 Å². The third-order valence-corrected chi connectivity index (χ3v) is 4.68. The van der Waals surface area contributed by atoms with E-state index in [1.807, 2.05) is 24.4 Å². The van der Waals surface area contributed by atoms with Crippen molar-refractivity contribution in [2.75, 3.05) is 24.6 Å². The molecule has 0 bridgehead atoms. The average molecular weight is 344 g/mol. The number of fused-ring (bicyclic) bond motifs is 1. The number of ether oxygens (including phenoxy) is 1. The van der Waals surface area contributed by atoms with Gasteiger partial charge in [0, 0.05) is 43.8 Å². The summed E-state index contributed by atoms with van der Waals surface area (Å²) >= 11 is 6.07. The first kappa shape index (κ1) is 15.2. The highest BCUT2D eigenvalue weighted by atomic mass is 35.5. The minimum Gasteiger partial charge on any atom is -0.492 e. The first-order valence-electron chi connectivity index (χ1n) is 8.07. The molecule has 0 amide bonds. The maximum absolute atomic E-state index is 6.07. The molecular weight excluding hydrogens is 326 g/mol. The Hall–Kier alpha value is -2.34. The van der Waals surface area contributed by atoms with Crippen molar-refractivity contribution in [2.45, 2.75) is 12.8 Å². The summed E-state index contributed by atoms with van der Waals surface area (Å²) in [5.74, 6) is 2.26. The van der Waals surface area contributed by atoms with Crippen LogP contribution in [0, 0.1) is 5.92 Å². The van der Waals surface area contributed by atoms with Crippen LogP contribution >= 0.6 is 11.6 Å². The van der Waals surface area contributed by atoms with Crippen LogP contribution in [0.15, 0.2) is 43.0 Å². The zero-order valence-corrected chi connectivity index (χ0v) is 13.9. The second kappa shape index (κ2) is 6.65. The van der Waals surface area contributed by atoms with Crippen molar-refractivity contribution in [1.29, 1.82) is 0 Å². The molecule has 4 rings (SSSR count). The van der Waals surface area contributed by atoms with Gasteiger partial charge in [0.2, 0.25) is 0 Å². The smallest absolute Gasteiger partial charge is 0.157 e. The summed E-state index contributed by atoms with van der Waals surface area (Å²) in [6.07, 6.45) is 9.18. The number of halogens is 1. The van der Waals surface area contributed by atoms with Gasteiger partial charge in [-0.05, 0) is 24.8 Å². The molecule has 24 heavy (non-hydrogen) atoms. The van der Waals surface area contributed by atoms with Crippen LogP contribution in [0.25, 0.3) is 5.65 Å². The first-order chi connectivity index (χ1) is 11.8. The SMILES string of the molecule is Clc1cnccc1OCC1CCN(c2ccn3nccc3n2)CC1. The van der Waals surface area contributed by atoms with Crippen LogP contribution in [-0.2, 0) is 0 Å². The lowest BCUT2D eigenvalue weighted by Gasteiger charge is -2.32. The molecule has 1 aliphatic heterocycles. The average Bonchev–Trinajstić information content (AvgIpc) is 3.09. The van der Waals surface area contributed by atoms with Crippen molar-refractivity contribution in [3.8, 4) is 5.75 Å². The van der Waals surface area contributed by atoms with Crippen LogP contribution in [0.4, 0.5) is 5.82 Å². The van der Waals surface area contributed by atoms with E-state index in [1.165, 1.54) is 0 Å². The Balaban J connectivity index is 1.34. The number of anilines is 1. The molecule has 7 heteroatoms. The third-order valence-electron chi connectivity index (χ3n) is 4.39. The fourth-order valence-corrected chi connectivity index (χ4v) is 3.17. The summed E-state index contributed by atoms with van der Waals surface area (Å²) in [5, 5.41) is 4.74. The Kier molecular flexibility index (Phi) is 4.21. The number of hydrogen-bond donors (Lipinski definition) is 0. The lowest BCUT2D eigenvalue weighted by atomic mass is 9.98. The standard InChI is InChI=1S/C17H18ClN5O/c18-14-11-19-6-1-15(14)24-12-13-3-8-22(9-4-13)16-5-10-23-17(21-16)2-7-20-23/h1-2,5-7,10-11,13H,3-4,8-9,12H2. The van der Waals surface area contributed by atoms with Crippen LogP contribution in [0.5, 0.6) is 5.75 Å². The van der Waals surface area contributed by atoms with Gasteiger partial charge in [0.15, 0.2) is 5.65 Å². The van der Waals surface area contributed by atoms with E-state index in [2.05, 4.69) is 20.0 Å². The fourth-order valence-electron chi connectivity index (χ4n) is 2.99. The predicted octanol–water partition coefficient (Wildman–Crippen LogP) is 3.07. The Morgan fingerprint density at radius 3 is 2.88 bits per heavy atom. The van der Waals surface area contributed by atoms with Crippen molar-refractivity contribution in [3.63, 3.8) is 0 Å². The summed E-state index contributed by atoms with van der Waals surface area (Å²) in [7, 11) is 0. The van der Waals surface area contributed by atoms with Crippen molar-refractivity contribution < 1.29 is 4.74 Å². The Morgan fingerprint density at radius 1 is 1.17 bits per heavy atom. The minimum absolute atomic E-state index is 0.532. The number of pyridine rings is 1. The zero-order chi connectivity index (χ0) is 16.4. The lowest BCUT2D eigenvalue weighted by molar-refractivity contribution is 0.222. The molecule has 3 aromatic rings. The quantitative estimate of drug-likeness (QED) is 0.728. The number of piperidine rings is 1. The van der Waals surface area contributed by atoms with Gasteiger partial charge in [0.25, 0.3) is 0 Å². The van der Waals surface area contributed by atoms with Crippen LogP contribution in [0.1, 0.15) is 12.8 Å². The number of nitrogens with zero attached hydrogens (tertiary/aromatic N) is 5. The summed E-state index contributed by atoms with van der Waals surface area (Å²) in [6.45, 7) is 2.65. The monoisotopic (exact) mass is 343 g/mol. The molecule has 0 aromatic carbocycles. The predicted molar refractivity (Wildman–Crippen MR) is 92.7 cm³/mol. The van der Waals surface area contributed by atoms with E-state index in [1.54, 1.807) is 23.1 Å². The topological polar surface area (TPSA) is 55.5 Å². The molecule has 1 fully saturated rings. The molecule has 0 N–H and O–H groups in total. The molecule has 0 radical (unpaired) electrons. The molecule has 4 heterocycles. The highest BCUT2D eigenvalue weighted by Crippen LogP contribution is 2.26. The zero-order valence-electron chi connectivity index (χ0n) is 13.2. The van der Waals surface area contributed by atoms with E-state index in [-0.39, 0.29) is 0 Å². The lowest BCUT2D eigenvalue weighted by Crippen LogP contribution is -2.36. The molecule has 124 valence electrons. The molecule has 0 atom stereocenters. The molecule has 6 nitrogen and oxygen atoms in total. The van der Waals surface area contributed by atoms with Gasteiger partial charge in [-0.25, -0.2) is 9.50 Å². The first-order valence-corrected chi connectivity index (χ1v) is 8.45. The second-order valence-corrected chi connectivity index (χ2v) is 6.37. The Morgan fingerprint density at radius 2 is 2.04 bits per heavy atom. The summed E-state index contributed by atoms with van der Waals surface area (Å²) < 4.78 is 7.63.